The Morgan fingerprint density at radius 2 is 1.62 bits per heavy atom. The van der Waals surface area contributed by atoms with Gasteiger partial charge in [0.2, 0.25) is 0 Å². The van der Waals surface area contributed by atoms with E-state index in [4.69, 9.17) is 23.2 Å². The fourth-order valence-corrected chi connectivity index (χ4v) is 1.44. The van der Waals surface area contributed by atoms with Crippen LogP contribution in [0, 0.1) is 6.92 Å². The Balaban J connectivity index is 0.000000293. The van der Waals surface area contributed by atoms with Gasteiger partial charge in [-0.1, -0.05) is 49.2 Å². The lowest BCUT2D eigenvalue weighted by molar-refractivity contribution is 0.662. The predicted octanol–water partition coefficient (Wildman–Crippen LogP) is 4.70. The van der Waals surface area contributed by atoms with Crippen LogP contribution in [-0.2, 0) is 0 Å². The molecule has 0 radical (unpaired) electrons. The number of halogens is 2. The highest BCUT2D eigenvalue weighted by molar-refractivity contribution is 6.42. The van der Waals surface area contributed by atoms with E-state index in [-0.39, 0.29) is 0 Å². The molecule has 1 N–H and O–H groups in total. The summed E-state index contributed by atoms with van der Waals surface area (Å²) in [5, 5.41) is 4.56. The van der Waals surface area contributed by atoms with Gasteiger partial charge in [0.25, 0.3) is 0 Å². The molecular weight excluding hydrogens is 241 g/mol. The fraction of sp³-hybridized carbons (Fsp3) is 0.538. The zero-order chi connectivity index (χ0) is 12.4. The number of rotatable bonds is 4. The summed E-state index contributed by atoms with van der Waals surface area (Å²) in [4.78, 5) is 0. The molecule has 3 heteroatoms. The first-order chi connectivity index (χ1) is 7.63. The lowest BCUT2D eigenvalue weighted by Gasteiger charge is -1.96. The Kier molecular flexibility index (Phi) is 9.80. The van der Waals surface area contributed by atoms with Crippen LogP contribution in [0.5, 0.6) is 0 Å². The van der Waals surface area contributed by atoms with Crippen molar-refractivity contribution in [2.45, 2.75) is 33.6 Å². The van der Waals surface area contributed by atoms with Crippen molar-refractivity contribution in [2.24, 2.45) is 0 Å². The van der Waals surface area contributed by atoms with Gasteiger partial charge in [0.1, 0.15) is 0 Å². The maximum atomic E-state index is 5.75. The van der Waals surface area contributed by atoms with Crippen molar-refractivity contribution in [3.63, 3.8) is 0 Å². The van der Waals surface area contributed by atoms with Crippen LogP contribution >= 0.6 is 23.2 Å². The SMILES string of the molecule is CCCNCCC.Cc1cccc(Cl)c1Cl. The molecule has 0 aliphatic carbocycles. The number of hydrogen-bond donors (Lipinski definition) is 1. The highest BCUT2D eigenvalue weighted by atomic mass is 35.5. The summed E-state index contributed by atoms with van der Waals surface area (Å²) >= 11 is 11.4. The van der Waals surface area contributed by atoms with E-state index in [1.165, 1.54) is 25.9 Å². The van der Waals surface area contributed by atoms with Crippen LogP contribution in [0.3, 0.4) is 0 Å². The van der Waals surface area contributed by atoms with Gasteiger partial charge in [0.15, 0.2) is 0 Å². The monoisotopic (exact) mass is 261 g/mol. The number of nitrogens with one attached hydrogen (secondary N) is 1. The molecular formula is C13H21Cl2N. The zero-order valence-corrected chi connectivity index (χ0v) is 11.8. The molecule has 0 atom stereocenters. The Morgan fingerprint density at radius 1 is 1.06 bits per heavy atom. The van der Waals surface area contributed by atoms with Crippen LogP contribution in [0.25, 0.3) is 0 Å². The van der Waals surface area contributed by atoms with Crippen LogP contribution in [0.15, 0.2) is 18.2 Å². The van der Waals surface area contributed by atoms with E-state index in [0.29, 0.717) is 10.0 Å². The highest BCUT2D eigenvalue weighted by Gasteiger charge is 1.96. The van der Waals surface area contributed by atoms with Gasteiger partial charge in [0, 0.05) is 0 Å². The van der Waals surface area contributed by atoms with Crippen LogP contribution < -0.4 is 5.32 Å². The summed E-state index contributed by atoms with van der Waals surface area (Å²) in [5.41, 5.74) is 1.02. The molecule has 0 heterocycles. The first kappa shape index (κ1) is 15.8. The van der Waals surface area contributed by atoms with E-state index in [0.717, 1.165) is 5.56 Å². The van der Waals surface area contributed by atoms with Gasteiger partial charge < -0.3 is 5.32 Å². The Labute approximate surface area is 109 Å². The normalized spacial score (nSPS) is 9.56. The largest absolute Gasteiger partial charge is 0.317 e. The number of aryl methyl sites for hydroxylation is 1. The summed E-state index contributed by atoms with van der Waals surface area (Å²) in [6.45, 7) is 8.64. The lowest BCUT2D eigenvalue weighted by Crippen LogP contribution is -2.14. The van der Waals surface area contributed by atoms with Gasteiger partial charge in [-0.25, -0.2) is 0 Å². The molecule has 92 valence electrons. The average molecular weight is 262 g/mol. The second-order valence-electron chi connectivity index (χ2n) is 3.62. The summed E-state index contributed by atoms with van der Waals surface area (Å²) in [6.07, 6.45) is 2.50. The van der Waals surface area contributed by atoms with Gasteiger partial charge in [-0.2, -0.15) is 0 Å². The molecule has 0 saturated heterocycles. The van der Waals surface area contributed by atoms with Crippen molar-refractivity contribution in [1.82, 2.24) is 5.32 Å². The molecule has 1 rings (SSSR count). The zero-order valence-electron chi connectivity index (χ0n) is 10.3. The van der Waals surface area contributed by atoms with E-state index < -0.39 is 0 Å². The minimum atomic E-state index is 0.622. The third-order valence-corrected chi connectivity index (χ3v) is 2.91. The number of hydrogen-bond acceptors (Lipinski definition) is 1. The molecule has 0 unspecified atom stereocenters. The molecule has 0 fully saturated rings. The van der Waals surface area contributed by atoms with Crippen LogP contribution in [-0.4, -0.2) is 13.1 Å². The molecule has 0 bridgehead atoms. The molecule has 0 aromatic heterocycles. The van der Waals surface area contributed by atoms with E-state index in [1.807, 2.05) is 19.1 Å². The maximum Gasteiger partial charge on any atom is 0.0621 e. The quantitative estimate of drug-likeness (QED) is 0.775. The Hall–Kier alpha value is -0.240. The van der Waals surface area contributed by atoms with E-state index in [2.05, 4.69) is 19.2 Å². The van der Waals surface area contributed by atoms with E-state index in [9.17, 15) is 0 Å². The first-order valence-electron chi connectivity index (χ1n) is 5.74. The molecule has 0 amide bonds. The van der Waals surface area contributed by atoms with Crippen molar-refractivity contribution in [1.29, 1.82) is 0 Å². The smallest absolute Gasteiger partial charge is 0.0621 e. The number of benzene rings is 1. The lowest BCUT2D eigenvalue weighted by atomic mass is 10.2. The summed E-state index contributed by atoms with van der Waals surface area (Å²) < 4.78 is 0. The van der Waals surface area contributed by atoms with Gasteiger partial charge in [-0.05, 0) is 44.5 Å². The van der Waals surface area contributed by atoms with Crippen molar-refractivity contribution in [3.8, 4) is 0 Å². The standard InChI is InChI=1S/C7H6Cl2.C6H15N/c1-5-3-2-4-6(8)7(5)9;1-3-5-7-6-4-2/h2-4H,1H3;7H,3-6H2,1-2H3. The third kappa shape index (κ3) is 7.10. The fourth-order valence-electron chi connectivity index (χ4n) is 1.09. The topological polar surface area (TPSA) is 12.0 Å². The van der Waals surface area contributed by atoms with Crippen LogP contribution in [0.1, 0.15) is 32.3 Å². The van der Waals surface area contributed by atoms with Gasteiger partial charge in [-0.15, -0.1) is 0 Å². The van der Waals surface area contributed by atoms with Gasteiger partial charge in [-0.3, -0.25) is 0 Å². The minimum absolute atomic E-state index is 0.622. The summed E-state index contributed by atoms with van der Waals surface area (Å²) in [7, 11) is 0. The minimum Gasteiger partial charge on any atom is -0.317 e. The van der Waals surface area contributed by atoms with Gasteiger partial charge >= 0.3 is 0 Å². The molecule has 1 aromatic rings. The summed E-state index contributed by atoms with van der Waals surface area (Å²) in [5.74, 6) is 0. The molecule has 0 saturated carbocycles. The third-order valence-electron chi connectivity index (χ3n) is 2.00. The van der Waals surface area contributed by atoms with E-state index in [1.54, 1.807) is 6.07 Å². The molecule has 16 heavy (non-hydrogen) atoms. The van der Waals surface area contributed by atoms with Crippen LogP contribution in [0.4, 0.5) is 0 Å². The van der Waals surface area contributed by atoms with Gasteiger partial charge in [0.05, 0.1) is 10.0 Å². The second kappa shape index (κ2) is 9.95. The maximum absolute atomic E-state index is 5.75. The average Bonchev–Trinajstić information content (AvgIpc) is 2.27. The molecule has 1 nitrogen and oxygen atoms in total. The first-order valence-corrected chi connectivity index (χ1v) is 6.50. The molecule has 0 spiro atoms. The summed E-state index contributed by atoms with van der Waals surface area (Å²) in [6, 6.07) is 5.58. The van der Waals surface area contributed by atoms with Crippen molar-refractivity contribution < 1.29 is 0 Å². The Morgan fingerprint density at radius 3 is 2.00 bits per heavy atom. The molecule has 1 aromatic carbocycles. The predicted molar refractivity (Wildman–Crippen MR) is 74.7 cm³/mol. The van der Waals surface area contributed by atoms with Crippen molar-refractivity contribution >= 4 is 23.2 Å². The van der Waals surface area contributed by atoms with E-state index >= 15 is 0 Å². The highest BCUT2D eigenvalue weighted by Crippen LogP contribution is 2.24. The second-order valence-corrected chi connectivity index (χ2v) is 4.41. The van der Waals surface area contributed by atoms with Crippen molar-refractivity contribution in [3.05, 3.63) is 33.8 Å². The molecule has 0 aliphatic rings. The van der Waals surface area contributed by atoms with Crippen LogP contribution in [0.2, 0.25) is 10.0 Å². The molecule has 0 aliphatic heterocycles. The Bertz CT molecular complexity index is 263. The van der Waals surface area contributed by atoms with Crippen molar-refractivity contribution in [2.75, 3.05) is 13.1 Å².